The lowest BCUT2D eigenvalue weighted by molar-refractivity contribution is 0.329. The monoisotopic (exact) mass is 159 g/mol. The molecular weight excluding hydrogens is 141 g/mol. The summed E-state index contributed by atoms with van der Waals surface area (Å²) in [6.07, 6.45) is 5.30. The Morgan fingerprint density at radius 1 is 1.45 bits per heavy atom. The van der Waals surface area contributed by atoms with E-state index >= 15 is 0 Å². The number of nitrogens with one attached hydrogen (secondary N) is 1. The fourth-order valence-electron chi connectivity index (χ4n) is 1.62. The highest BCUT2D eigenvalue weighted by Crippen LogP contribution is 2.17. The van der Waals surface area contributed by atoms with Crippen molar-refractivity contribution in [3.63, 3.8) is 0 Å². The molecule has 0 saturated heterocycles. The number of rotatable bonds is 4. The third-order valence-electron chi connectivity index (χ3n) is 2.33. The summed E-state index contributed by atoms with van der Waals surface area (Å²) < 4.78 is 12.3. The van der Waals surface area contributed by atoms with E-state index in [0.29, 0.717) is 12.5 Å². The van der Waals surface area contributed by atoms with Crippen molar-refractivity contribution in [3.8, 4) is 0 Å². The lowest BCUT2D eigenvalue weighted by Gasteiger charge is -2.11. The second-order valence-electron chi connectivity index (χ2n) is 3.50. The summed E-state index contributed by atoms with van der Waals surface area (Å²) in [6, 6.07) is 0.689. The average Bonchev–Trinajstić information content (AvgIpc) is 2.39. The smallest absolute Gasteiger partial charge is 0.0985 e. The van der Waals surface area contributed by atoms with Crippen LogP contribution in [0, 0.1) is 0 Å². The van der Waals surface area contributed by atoms with Crippen LogP contribution >= 0.6 is 0 Å². The molecule has 1 fully saturated rings. The molecule has 0 bridgehead atoms. The predicted octanol–water partition coefficient (Wildman–Crippen LogP) is 2.27. The van der Waals surface area contributed by atoms with Crippen molar-refractivity contribution < 1.29 is 4.39 Å². The van der Waals surface area contributed by atoms with Crippen LogP contribution in [0.4, 0.5) is 4.39 Å². The van der Waals surface area contributed by atoms with Gasteiger partial charge in [-0.3, -0.25) is 0 Å². The third kappa shape index (κ3) is 3.71. The van der Waals surface area contributed by atoms with Crippen molar-refractivity contribution in [3.05, 3.63) is 0 Å². The van der Waals surface area contributed by atoms with Gasteiger partial charge in [0.05, 0.1) is 6.17 Å². The summed E-state index contributed by atoms with van der Waals surface area (Å²) in [5, 5.41) is 3.37. The third-order valence-corrected chi connectivity index (χ3v) is 2.33. The largest absolute Gasteiger partial charge is 0.314 e. The van der Waals surface area contributed by atoms with Gasteiger partial charge >= 0.3 is 0 Å². The molecule has 0 radical (unpaired) electrons. The van der Waals surface area contributed by atoms with Crippen LogP contribution in [-0.4, -0.2) is 18.8 Å². The highest BCUT2D eigenvalue weighted by Gasteiger charge is 2.13. The molecule has 1 atom stereocenters. The SMILES string of the molecule is CC(F)CCNC1CCCC1. The van der Waals surface area contributed by atoms with E-state index < -0.39 is 6.17 Å². The summed E-state index contributed by atoms with van der Waals surface area (Å²) in [6.45, 7) is 2.47. The molecule has 1 unspecified atom stereocenters. The Balaban J connectivity index is 1.94. The van der Waals surface area contributed by atoms with E-state index in [4.69, 9.17) is 0 Å². The van der Waals surface area contributed by atoms with E-state index in [-0.39, 0.29) is 0 Å². The maximum atomic E-state index is 12.3. The van der Waals surface area contributed by atoms with Crippen molar-refractivity contribution >= 4 is 0 Å². The molecule has 1 rings (SSSR count). The van der Waals surface area contributed by atoms with Gasteiger partial charge < -0.3 is 5.32 Å². The zero-order valence-electron chi connectivity index (χ0n) is 7.28. The maximum Gasteiger partial charge on any atom is 0.0985 e. The lowest BCUT2D eigenvalue weighted by Crippen LogP contribution is -2.28. The topological polar surface area (TPSA) is 12.0 Å². The van der Waals surface area contributed by atoms with Gasteiger partial charge in [-0.1, -0.05) is 12.8 Å². The summed E-state index contributed by atoms with van der Waals surface area (Å²) in [5.41, 5.74) is 0. The normalized spacial score (nSPS) is 22.4. The molecule has 0 aromatic rings. The molecular formula is C9H18FN. The second-order valence-corrected chi connectivity index (χ2v) is 3.50. The number of hydrogen-bond donors (Lipinski definition) is 1. The van der Waals surface area contributed by atoms with Crippen molar-refractivity contribution in [1.29, 1.82) is 0 Å². The highest BCUT2D eigenvalue weighted by molar-refractivity contribution is 4.73. The molecule has 2 heteroatoms. The minimum atomic E-state index is -0.649. The van der Waals surface area contributed by atoms with Crippen LogP contribution in [0.25, 0.3) is 0 Å². The molecule has 0 heterocycles. The summed E-state index contributed by atoms with van der Waals surface area (Å²) >= 11 is 0. The van der Waals surface area contributed by atoms with E-state index in [0.717, 1.165) is 6.54 Å². The summed E-state index contributed by atoms with van der Waals surface area (Å²) in [5.74, 6) is 0. The zero-order chi connectivity index (χ0) is 8.10. The standard InChI is InChI=1S/C9H18FN/c1-8(10)6-7-11-9-4-2-3-5-9/h8-9,11H,2-7H2,1H3. The van der Waals surface area contributed by atoms with E-state index in [1.165, 1.54) is 25.7 Å². The molecule has 11 heavy (non-hydrogen) atoms. The van der Waals surface area contributed by atoms with Crippen LogP contribution in [0.1, 0.15) is 39.0 Å². The van der Waals surface area contributed by atoms with Crippen LogP contribution < -0.4 is 5.32 Å². The van der Waals surface area contributed by atoms with Gasteiger partial charge in [-0.15, -0.1) is 0 Å². The second kappa shape index (κ2) is 4.70. The Bertz CT molecular complexity index is 97.7. The van der Waals surface area contributed by atoms with E-state index in [9.17, 15) is 4.39 Å². The minimum absolute atomic E-state index is 0.649. The van der Waals surface area contributed by atoms with Crippen molar-refractivity contribution in [2.45, 2.75) is 51.2 Å². The molecule has 0 aromatic heterocycles. The molecule has 1 nitrogen and oxygen atoms in total. The van der Waals surface area contributed by atoms with Gasteiger partial charge in [0.2, 0.25) is 0 Å². The molecule has 1 aliphatic rings. The quantitative estimate of drug-likeness (QED) is 0.663. The van der Waals surface area contributed by atoms with E-state index in [1.54, 1.807) is 6.92 Å². The molecule has 0 amide bonds. The van der Waals surface area contributed by atoms with Gasteiger partial charge in [-0.2, -0.15) is 0 Å². The first-order valence-corrected chi connectivity index (χ1v) is 4.66. The lowest BCUT2D eigenvalue weighted by atomic mass is 10.2. The first kappa shape index (κ1) is 8.98. The van der Waals surface area contributed by atoms with Gasteiger partial charge in [0, 0.05) is 6.04 Å². The fourth-order valence-corrected chi connectivity index (χ4v) is 1.62. The average molecular weight is 159 g/mol. The number of hydrogen-bond acceptors (Lipinski definition) is 1. The highest BCUT2D eigenvalue weighted by atomic mass is 19.1. The molecule has 66 valence electrons. The summed E-state index contributed by atoms with van der Waals surface area (Å²) in [4.78, 5) is 0. The molecule has 0 aromatic carbocycles. The Morgan fingerprint density at radius 3 is 2.64 bits per heavy atom. The Labute approximate surface area is 68.4 Å². The van der Waals surface area contributed by atoms with Crippen LogP contribution in [-0.2, 0) is 0 Å². The van der Waals surface area contributed by atoms with Gasteiger partial charge in [-0.25, -0.2) is 4.39 Å². The molecule has 0 spiro atoms. The van der Waals surface area contributed by atoms with Gasteiger partial charge in [0.25, 0.3) is 0 Å². The van der Waals surface area contributed by atoms with Gasteiger partial charge in [0.15, 0.2) is 0 Å². The van der Waals surface area contributed by atoms with Crippen molar-refractivity contribution in [2.24, 2.45) is 0 Å². The molecule has 1 aliphatic carbocycles. The predicted molar refractivity (Wildman–Crippen MR) is 45.4 cm³/mol. The van der Waals surface area contributed by atoms with Crippen LogP contribution in [0.3, 0.4) is 0 Å². The Kier molecular flexibility index (Phi) is 3.84. The fraction of sp³-hybridized carbons (Fsp3) is 1.00. The molecule has 1 saturated carbocycles. The Hall–Kier alpha value is -0.110. The number of halogens is 1. The van der Waals surface area contributed by atoms with Crippen LogP contribution in [0.2, 0.25) is 0 Å². The van der Waals surface area contributed by atoms with Gasteiger partial charge in [-0.05, 0) is 32.7 Å². The molecule has 0 aliphatic heterocycles. The van der Waals surface area contributed by atoms with E-state index in [1.807, 2.05) is 0 Å². The van der Waals surface area contributed by atoms with Crippen LogP contribution in [0.15, 0.2) is 0 Å². The zero-order valence-corrected chi connectivity index (χ0v) is 7.28. The van der Waals surface area contributed by atoms with Gasteiger partial charge in [0.1, 0.15) is 0 Å². The number of alkyl halides is 1. The first-order valence-electron chi connectivity index (χ1n) is 4.66. The van der Waals surface area contributed by atoms with E-state index in [2.05, 4.69) is 5.32 Å². The van der Waals surface area contributed by atoms with Crippen molar-refractivity contribution in [2.75, 3.05) is 6.54 Å². The first-order chi connectivity index (χ1) is 5.29. The maximum absolute atomic E-state index is 12.3. The Morgan fingerprint density at radius 2 is 2.09 bits per heavy atom. The minimum Gasteiger partial charge on any atom is -0.314 e. The van der Waals surface area contributed by atoms with Crippen LogP contribution in [0.5, 0.6) is 0 Å². The summed E-state index contributed by atoms with van der Waals surface area (Å²) in [7, 11) is 0. The van der Waals surface area contributed by atoms with Crippen molar-refractivity contribution in [1.82, 2.24) is 5.32 Å². The molecule has 1 N–H and O–H groups in total.